The molecular weight excluding hydrogens is 558 g/mol. The summed E-state index contributed by atoms with van der Waals surface area (Å²) in [5, 5.41) is 12.2. The lowest BCUT2D eigenvalue weighted by atomic mass is 9.97. The highest BCUT2D eigenvalue weighted by Gasteiger charge is 2.64. The molecule has 39 heavy (non-hydrogen) atoms. The molecule has 0 bridgehead atoms. The Bertz CT molecular complexity index is 1180. The highest BCUT2D eigenvalue weighted by molar-refractivity contribution is 7.86. The minimum atomic E-state index is -4.97. The second-order valence-corrected chi connectivity index (χ2v) is 12.0. The minimum Gasteiger partial charge on any atom is -0.378 e. The van der Waals surface area contributed by atoms with Crippen LogP contribution in [-0.4, -0.2) is 89.4 Å². The summed E-state index contributed by atoms with van der Waals surface area (Å²) < 4.78 is 104. The van der Waals surface area contributed by atoms with Crippen molar-refractivity contribution in [2.24, 2.45) is 5.92 Å². The van der Waals surface area contributed by atoms with Crippen LogP contribution in [0.5, 0.6) is 0 Å². The molecule has 4 rings (SSSR count). The van der Waals surface area contributed by atoms with Gasteiger partial charge in [-0.3, -0.25) is 9.59 Å². The fraction of sp³-hybridized carbons (Fsp3) is 0.652. The quantitative estimate of drug-likeness (QED) is 0.495. The summed E-state index contributed by atoms with van der Waals surface area (Å²) in [7, 11) is -4.34. The molecule has 0 unspecified atom stereocenters. The van der Waals surface area contributed by atoms with Crippen LogP contribution in [0.2, 0.25) is 0 Å². The van der Waals surface area contributed by atoms with Crippen LogP contribution in [0, 0.1) is 5.92 Å². The lowest BCUT2D eigenvalue weighted by Crippen LogP contribution is -2.71. The van der Waals surface area contributed by atoms with E-state index in [2.05, 4.69) is 5.32 Å². The molecule has 3 saturated heterocycles. The van der Waals surface area contributed by atoms with Crippen LogP contribution < -0.4 is 5.32 Å². The SMILES string of the molecule is O=C(NCc1ccc(C(F)(F)F)cc1)[C@H]1CCCN1C(=O)[C@H]1CCCN(S(=O)(=O)N2CC(O)(C(F)(F)F)C2)C1. The van der Waals surface area contributed by atoms with Crippen molar-refractivity contribution in [1.29, 1.82) is 0 Å². The first kappa shape index (κ1) is 29.6. The molecule has 3 fully saturated rings. The van der Waals surface area contributed by atoms with E-state index in [1.165, 1.54) is 17.0 Å². The van der Waals surface area contributed by atoms with Gasteiger partial charge in [-0.05, 0) is 43.4 Å². The van der Waals surface area contributed by atoms with Crippen molar-refractivity contribution >= 4 is 22.0 Å². The number of halogens is 6. The molecule has 218 valence electrons. The van der Waals surface area contributed by atoms with Gasteiger partial charge in [0.1, 0.15) is 6.04 Å². The number of alkyl halides is 6. The van der Waals surface area contributed by atoms with Crippen LogP contribution in [0.15, 0.2) is 24.3 Å². The molecule has 3 aliphatic heterocycles. The van der Waals surface area contributed by atoms with Gasteiger partial charge in [0, 0.05) is 26.2 Å². The average molecular weight is 587 g/mol. The first-order valence-electron chi connectivity index (χ1n) is 12.3. The Morgan fingerprint density at radius 2 is 1.59 bits per heavy atom. The molecule has 0 saturated carbocycles. The molecule has 16 heteroatoms. The summed E-state index contributed by atoms with van der Waals surface area (Å²) in [6.07, 6.45) is -7.98. The number of aliphatic hydroxyl groups is 1. The van der Waals surface area contributed by atoms with Crippen LogP contribution in [0.4, 0.5) is 26.3 Å². The number of nitrogens with one attached hydrogen (secondary N) is 1. The van der Waals surface area contributed by atoms with E-state index in [4.69, 9.17) is 0 Å². The average Bonchev–Trinajstić information content (AvgIpc) is 3.34. The first-order valence-corrected chi connectivity index (χ1v) is 13.7. The Morgan fingerprint density at radius 3 is 2.18 bits per heavy atom. The number of carbonyl (C=O) groups excluding carboxylic acids is 2. The van der Waals surface area contributed by atoms with Crippen molar-refractivity contribution in [1.82, 2.24) is 18.8 Å². The molecular formula is C23H28F6N4O5S. The third-order valence-electron chi connectivity index (χ3n) is 7.38. The predicted molar refractivity (Wildman–Crippen MR) is 124 cm³/mol. The molecule has 2 amide bonds. The monoisotopic (exact) mass is 586 g/mol. The van der Waals surface area contributed by atoms with Crippen molar-refractivity contribution in [2.75, 3.05) is 32.7 Å². The summed E-state index contributed by atoms with van der Waals surface area (Å²) in [6, 6.07) is 3.45. The van der Waals surface area contributed by atoms with E-state index in [9.17, 15) is 49.5 Å². The molecule has 2 N–H and O–H groups in total. The summed E-state index contributed by atoms with van der Waals surface area (Å²) in [5.74, 6) is -1.75. The Kier molecular flexibility index (Phi) is 7.97. The fourth-order valence-electron chi connectivity index (χ4n) is 5.05. The third kappa shape index (κ3) is 6.02. The second kappa shape index (κ2) is 10.5. The molecule has 1 aromatic carbocycles. The van der Waals surface area contributed by atoms with Crippen molar-refractivity contribution < 1.29 is 49.5 Å². The largest absolute Gasteiger partial charge is 0.419 e. The van der Waals surface area contributed by atoms with E-state index in [-0.39, 0.29) is 32.6 Å². The van der Waals surface area contributed by atoms with Gasteiger partial charge in [-0.25, -0.2) is 0 Å². The van der Waals surface area contributed by atoms with E-state index in [1.54, 1.807) is 0 Å². The Balaban J connectivity index is 1.34. The Labute approximate surface area is 220 Å². The third-order valence-corrected chi connectivity index (χ3v) is 9.27. The molecule has 2 atom stereocenters. The van der Waals surface area contributed by atoms with E-state index in [0.29, 0.717) is 29.1 Å². The second-order valence-electron chi connectivity index (χ2n) is 10.1. The topological polar surface area (TPSA) is 110 Å². The predicted octanol–water partition coefficient (Wildman–Crippen LogP) is 1.88. The van der Waals surface area contributed by atoms with Crippen LogP contribution in [-0.2, 0) is 32.5 Å². The van der Waals surface area contributed by atoms with Crippen LogP contribution in [0.25, 0.3) is 0 Å². The van der Waals surface area contributed by atoms with Gasteiger partial charge in [-0.15, -0.1) is 0 Å². The van der Waals surface area contributed by atoms with Gasteiger partial charge >= 0.3 is 12.4 Å². The number of benzene rings is 1. The number of carbonyl (C=O) groups is 2. The Morgan fingerprint density at radius 1 is 0.974 bits per heavy atom. The molecule has 3 aliphatic rings. The van der Waals surface area contributed by atoms with Gasteiger partial charge in [0.05, 0.1) is 24.6 Å². The van der Waals surface area contributed by atoms with Crippen molar-refractivity contribution in [3.8, 4) is 0 Å². The lowest BCUT2D eigenvalue weighted by Gasteiger charge is -2.48. The smallest absolute Gasteiger partial charge is 0.378 e. The number of rotatable bonds is 6. The summed E-state index contributed by atoms with van der Waals surface area (Å²) in [5.41, 5.74) is -3.50. The highest BCUT2D eigenvalue weighted by atomic mass is 32.2. The molecule has 0 aromatic heterocycles. The molecule has 0 radical (unpaired) electrons. The number of likely N-dealkylation sites (tertiary alicyclic amines) is 1. The van der Waals surface area contributed by atoms with Gasteiger partial charge in [0.25, 0.3) is 10.2 Å². The van der Waals surface area contributed by atoms with Crippen molar-refractivity contribution in [3.63, 3.8) is 0 Å². The molecule has 1 aromatic rings. The fourth-order valence-corrected chi connectivity index (χ4v) is 6.86. The van der Waals surface area contributed by atoms with Crippen molar-refractivity contribution in [3.05, 3.63) is 35.4 Å². The normalized spacial score (nSPS) is 24.8. The van der Waals surface area contributed by atoms with Gasteiger partial charge < -0.3 is 15.3 Å². The zero-order valence-electron chi connectivity index (χ0n) is 20.6. The molecule has 3 heterocycles. The van der Waals surface area contributed by atoms with Crippen LogP contribution >= 0.6 is 0 Å². The van der Waals surface area contributed by atoms with E-state index < -0.39 is 70.6 Å². The van der Waals surface area contributed by atoms with E-state index in [0.717, 1.165) is 16.4 Å². The Hall–Kier alpha value is -2.43. The lowest BCUT2D eigenvalue weighted by molar-refractivity contribution is -0.290. The van der Waals surface area contributed by atoms with Crippen LogP contribution in [0.3, 0.4) is 0 Å². The zero-order chi connectivity index (χ0) is 28.8. The maximum absolute atomic E-state index is 13.3. The van der Waals surface area contributed by atoms with Gasteiger partial charge in [0.15, 0.2) is 5.60 Å². The molecule has 0 aliphatic carbocycles. The van der Waals surface area contributed by atoms with Gasteiger partial charge in [0.2, 0.25) is 11.8 Å². The van der Waals surface area contributed by atoms with Gasteiger partial charge in [-0.2, -0.15) is 43.4 Å². The summed E-state index contributed by atoms with van der Waals surface area (Å²) >= 11 is 0. The standard InChI is InChI=1S/C23H28F6N4O5S/c24-22(25,26)17-7-5-15(6-8-17)11-30-19(34)18-4-2-10-33(18)20(35)16-3-1-9-31(12-16)39(37,38)32-13-21(36,14-32)23(27,28)29/h5-8,16,18,36H,1-4,9-14H2,(H,30,34)/t16-,18+/m0/s1. The molecule has 9 nitrogen and oxygen atoms in total. The summed E-state index contributed by atoms with van der Waals surface area (Å²) in [4.78, 5) is 27.5. The number of amides is 2. The number of hydrogen-bond donors (Lipinski definition) is 2. The maximum Gasteiger partial charge on any atom is 0.419 e. The minimum absolute atomic E-state index is 0.00407. The zero-order valence-corrected chi connectivity index (χ0v) is 21.4. The number of hydrogen-bond acceptors (Lipinski definition) is 5. The number of nitrogens with zero attached hydrogens (tertiary/aromatic N) is 3. The van der Waals surface area contributed by atoms with Gasteiger partial charge in [-0.1, -0.05) is 12.1 Å². The first-order chi connectivity index (χ1) is 18.0. The summed E-state index contributed by atoms with van der Waals surface area (Å²) in [6.45, 7) is -2.30. The van der Waals surface area contributed by atoms with Crippen molar-refractivity contribution in [2.45, 2.75) is 56.2 Å². The number of β-amino-alcohol motifs (C(OH)–C–C–N with tert-alkyl or cyclic N) is 1. The maximum atomic E-state index is 13.3. The van der Waals surface area contributed by atoms with E-state index in [1.807, 2.05) is 0 Å². The number of piperidine rings is 1. The highest BCUT2D eigenvalue weighted by Crippen LogP contribution is 2.40. The van der Waals surface area contributed by atoms with Crippen LogP contribution in [0.1, 0.15) is 36.8 Å². The van der Waals surface area contributed by atoms with E-state index >= 15 is 0 Å². The molecule has 0 spiro atoms.